The second-order valence-corrected chi connectivity index (χ2v) is 7.22. The summed E-state index contributed by atoms with van der Waals surface area (Å²) in [5, 5.41) is 3.31. The Balaban J connectivity index is 1.79. The van der Waals surface area contributed by atoms with Gasteiger partial charge in [-0.3, -0.25) is 9.59 Å². The summed E-state index contributed by atoms with van der Waals surface area (Å²) >= 11 is 0. The fraction of sp³-hybridized carbons (Fsp3) is 0.611. The summed E-state index contributed by atoms with van der Waals surface area (Å²) in [5.41, 5.74) is 5.09. The van der Waals surface area contributed by atoms with E-state index in [0.717, 1.165) is 0 Å². The molecule has 1 amide bonds. The molecule has 1 aliphatic carbocycles. The van der Waals surface area contributed by atoms with Crippen molar-refractivity contribution >= 4 is 17.7 Å². The average molecular weight is 377 g/mol. The highest BCUT2D eigenvalue weighted by atomic mass is 16.6. The van der Waals surface area contributed by atoms with Crippen LogP contribution in [0.4, 0.5) is 4.79 Å². The summed E-state index contributed by atoms with van der Waals surface area (Å²) in [6.07, 6.45) is -0.232. The van der Waals surface area contributed by atoms with Gasteiger partial charge in [0.15, 0.2) is 11.5 Å². The number of primary amides is 1. The molecule has 3 heterocycles. The SMILES string of the molecule is CCCOC1=C(C)C(=O)C2=C(C1=O)[C@@H](COC(N)=O)[C@@]1(OC)C3NC3CN21. The van der Waals surface area contributed by atoms with Crippen molar-refractivity contribution in [3.8, 4) is 0 Å². The summed E-state index contributed by atoms with van der Waals surface area (Å²) in [4.78, 5) is 39.5. The number of Topliss-reactive ketones (excluding diaryl/α,β-unsaturated/α-hetero) is 2. The number of rotatable bonds is 6. The van der Waals surface area contributed by atoms with Gasteiger partial charge in [0.2, 0.25) is 11.6 Å². The van der Waals surface area contributed by atoms with Gasteiger partial charge in [-0.1, -0.05) is 6.92 Å². The summed E-state index contributed by atoms with van der Waals surface area (Å²) < 4.78 is 16.5. The van der Waals surface area contributed by atoms with E-state index in [9.17, 15) is 14.4 Å². The van der Waals surface area contributed by atoms with Gasteiger partial charge < -0.3 is 30.2 Å². The molecule has 0 aromatic carbocycles. The molecule has 27 heavy (non-hydrogen) atoms. The van der Waals surface area contributed by atoms with Crippen LogP contribution >= 0.6 is 0 Å². The minimum Gasteiger partial charge on any atom is -0.489 e. The van der Waals surface area contributed by atoms with Crippen molar-refractivity contribution < 1.29 is 28.6 Å². The maximum Gasteiger partial charge on any atom is 0.404 e. The number of methoxy groups -OCH3 is 1. The van der Waals surface area contributed by atoms with E-state index in [1.807, 2.05) is 11.8 Å². The van der Waals surface area contributed by atoms with Crippen LogP contribution in [0.5, 0.6) is 0 Å². The van der Waals surface area contributed by atoms with E-state index in [2.05, 4.69) is 5.32 Å². The number of carbonyl (C=O) groups excluding carboxylic acids is 3. The Labute approximate surface area is 156 Å². The van der Waals surface area contributed by atoms with Crippen LogP contribution in [-0.4, -0.2) is 67.2 Å². The maximum absolute atomic E-state index is 13.3. The summed E-state index contributed by atoms with van der Waals surface area (Å²) in [7, 11) is 1.54. The van der Waals surface area contributed by atoms with E-state index >= 15 is 0 Å². The molecule has 9 nitrogen and oxygen atoms in total. The predicted octanol–water partition coefficient (Wildman–Crippen LogP) is -0.183. The van der Waals surface area contributed by atoms with Crippen LogP contribution in [0.3, 0.4) is 0 Å². The van der Waals surface area contributed by atoms with E-state index in [1.54, 1.807) is 6.92 Å². The van der Waals surface area contributed by atoms with Gasteiger partial charge in [-0.15, -0.1) is 0 Å². The van der Waals surface area contributed by atoms with Crippen molar-refractivity contribution in [2.45, 2.75) is 38.1 Å². The maximum atomic E-state index is 13.3. The zero-order valence-electron chi connectivity index (χ0n) is 15.5. The number of nitrogens with zero attached hydrogens (tertiary/aromatic N) is 1. The van der Waals surface area contributed by atoms with Crippen molar-refractivity contribution in [2.75, 3.05) is 26.9 Å². The van der Waals surface area contributed by atoms with Gasteiger partial charge >= 0.3 is 6.09 Å². The number of nitrogens with one attached hydrogen (secondary N) is 1. The van der Waals surface area contributed by atoms with Gasteiger partial charge in [-0.25, -0.2) is 4.79 Å². The fourth-order valence-corrected chi connectivity index (χ4v) is 4.65. The molecule has 0 bridgehead atoms. The third kappa shape index (κ3) is 2.28. The minimum atomic E-state index is -0.962. The number of allylic oxidation sites excluding steroid dienone is 2. The van der Waals surface area contributed by atoms with Gasteiger partial charge in [-0.2, -0.15) is 0 Å². The second-order valence-electron chi connectivity index (χ2n) is 7.22. The topological polar surface area (TPSA) is 130 Å². The molecule has 146 valence electrons. The molecule has 2 saturated heterocycles. The quantitative estimate of drug-likeness (QED) is 0.481. The van der Waals surface area contributed by atoms with Crippen LogP contribution < -0.4 is 11.1 Å². The van der Waals surface area contributed by atoms with E-state index in [1.165, 1.54) is 7.11 Å². The lowest BCUT2D eigenvalue weighted by Gasteiger charge is -2.39. The van der Waals surface area contributed by atoms with Crippen LogP contribution in [0.15, 0.2) is 22.6 Å². The Hall–Kier alpha value is -2.39. The number of ketones is 2. The number of ether oxygens (including phenoxy) is 3. The molecule has 0 spiro atoms. The molecule has 3 aliphatic heterocycles. The molecule has 3 N–H and O–H groups in total. The lowest BCUT2D eigenvalue weighted by molar-refractivity contribution is -0.137. The molecule has 0 aromatic rings. The first-order valence-electron chi connectivity index (χ1n) is 9.06. The van der Waals surface area contributed by atoms with Crippen molar-refractivity contribution in [3.63, 3.8) is 0 Å². The molecular formula is C18H23N3O6. The van der Waals surface area contributed by atoms with Gasteiger partial charge in [0, 0.05) is 30.8 Å². The second kappa shape index (κ2) is 6.07. The smallest absolute Gasteiger partial charge is 0.404 e. The molecule has 2 fully saturated rings. The minimum absolute atomic E-state index is 0.0597. The Morgan fingerprint density at radius 3 is 2.74 bits per heavy atom. The van der Waals surface area contributed by atoms with E-state index in [4.69, 9.17) is 19.9 Å². The van der Waals surface area contributed by atoms with Gasteiger partial charge in [-0.05, 0) is 13.3 Å². The van der Waals surface area contributed by atoms with Gasteiger partial charge in [0.1, 0.15) is 6.61 Å². The van der Waals surface area contributed by atoms with Crippen LogP contribution in [0.25, 0.3) is 0 Å². The molecule has 2 unspecified atom stereocenters. The van der Waals surface area contributed by atoms with E-state index < -0.39 is 17.7 Å². The molecule has 4 rings (SSSR count). The van der Waals surface area contributed by atoms with E-state index in [0.29, 0.717) is 30.8 Å². The largest absolute Gasteiger partial charge is 0.489 e. The number of piperazine rings is 1. The lowest BCUT2D eigenvalue weighted by Crippen LogP contribution is -2.55. The average Bonchev–Trinajstić information content (AvgIpc) is 3.24. The summed E-state index contributed by atoms with van der Waals surface area (Å²) in [6.45, 7) is 4.25. The van der Waals surface area contributed by atoms with Crippen molar-refractivity contribution in [1.29, 1.82) is 0 Å². The molecular weight excluding hydrogens is 354 g/mol. The highest BCUT2D eigenvalue weighted by Gasteiger charge is 2.72. The van der Waals surface area contributed by atoms with Crippen molar-refractivity contribution in [3.05, 3.63) is 22.6 Å². The Kier molecular flexibility index (Phi) is 4.04. The number of carbonyl (C=O) groups is 3. The third-order valence-corrected chi connectivity index (χ3v) is 5.82. The molecule has 0 radical (unpaired) electrons. The zero-order valence-corrected chi connectivity index (χ0v) is 15.5. The number of nitrogens with two attached hydrogens (primary N) is 1. The fourth-order valence-electron chi connectivity index (χ4n) is 4.65. The molecule has 0 saturated carbocycles. The first-order valence-corrected chi connectivity index (χ1v) is 9.06. The highest BCUT2D eigenvalue weighted by Crippen LogP contribution is 2.55. The lowest BCUT2D eigenvalue weighted by atomic mass is 9.83. The van der Waals surface area contributed by atoms with Crippen LogP contribution in [0, 0.1) is 5.92 Å². The standard InChI is InChI=1S/C18H23N3O6/c1-4-5-26-15-8(2)13(22)12-11(14(15)23)9(7-27-17(19)24)18(25-3)16-10(20-16)6-21(12)18/h9-10,16,20H,4-7H2,1-3H3,(H2,19,24)/t9-,10?,16?,18-/m1/s1. The van der Waals surface area contributed by atoms with Crippen molar-refractivity contribution in [1.82, 2.24) is 10.2 Å². The van der Waals surface area contributed by atoms with E-state index in [-0.39, 0.29) is 41.6 Å². The summed E-state index contributed by atoms with van der Waals surface area (Å²) in [6, 6.07) is 0.107. The molecule has 0 aromatic heterocycles. The number of fused-ring (bicyclic) bond motifs is 4. The van der Waals surface area contributed by atoms with Crippen molar-refractivity contribution in [2.24, 2.45) is 11.7 Å². The molecule has 4 atom stereocenters. The Bertz CT molecular complexity index is 803. The Morgan fingerprint density at radius 1 is 1.37 bits per heavy atom. The van der Waals surface area contributed by atoms with Crippen LogP contribution in [0.1, 0.15) is 20.3 Å². The third-order valence-electron chi connectivity index (χ3n) is 5.82. The van der Waals surface area contributed by atoms with Crippen LogP contribution in [-0.2, 0) is 23.8 Å². The van der Waals surface area contributed by atoms with Gasteiger partial charge in [0.05, 0.1) is 24.3 Å². The highest BCUT2D eigenvalue weighted by molar-refractivity contribution is 6.25. The van der Waals surface area contributed by atoms with Crippen LogP contribution in [0.2, 0.25) is 0 Å². The number of hydrogen-bond donors (Lipinski definition) is 2. The first kappa shape index (κ1) is 18.0. The monoisotopic (exact) mass is 377 g/mol. The first-order chi connectivity index (χ1) is 12.9. The number of amides is 1. The zero-order chi connectivity index (χ0) is 19.5. The predicted molar refractivity (Wildman–Crippen MR) is 92.2 cm³/mol. The normalized spacial score (nSPS) is 33.9. The molecule has 9 heteroatoms. The summed E-state index contributed by atoms with van der Waals surface area (Å²) in [5.74, 6) is -1.17. The number of hydrogen-bond acceptors (Lipinski definition) is 8. The molecule has 4 aliphatic rings. The van der Waals surface area contributed by atoms with Gasteiger partial charge in [0.25, 0.3) is 0 Å². The Morgan fingerprint density at radius 2 is 2.11 bits per heavy atom.